The zero-order valence-corrected chi connectivity index (χ0v) is 10.4. The summed E-state index contributed by atoms with van der Waals surface area (Å²) in [7, 11) is 0. The van der Waals surface area contributed by atoms with Crippen LogP contribution in [-0.2, 0) is 4.79 Å². The molecule has 7 nitrogen and oxygen atoms in total. The van der Waals surface area contributed by atoms with Gasteiger partial charge >= 0.3 is 6.01 Å². The van der Waals surface area contributed by atoms with E-state index >= 15 is 0 Å². The number of hydrogen-bond donors (Lipinski definition) is 2. The predicted octanol–water partition coefficient (Wildman–Crippen LogP) is 0.599. The highest BCUT2D eigenvalue weighted by Gasteiger charge is 2.12. The molecule has 0 saturated carbocycles. The summed E-state index contributed by atoms with van der Waals surface area (Å²) < 4.78 is 5.22. The van der Waals surface area contributed by atoms with E-state index < -0.39 is 11.9 Å². The molecule has 1 rings (SSSR count). The molecule has 0 aliphatic carbocycles. The van der Waals surface area contributed by atoms with Crippen LogP contribution in [0.15, 0.2) is 0 Å². The van der Waals surface area contributed by atoms with Gasteiger partial charge in [-0.1, -0.05) is 6.92 Å². The van der Waals surface area contributed by atoms with E-state index in [1.165, 1.54) is 0 Å². The fourth-order valence-electron chi connectivity index (χ4n) is 0.919. The van der Waals surface area contributed by atoms with E-state index in [2.05, 4.69) is 20.3 Å². The number of primary amides is 1. The summed E-state index contributed by atoms with van der Waals surface area (Å²) in [6, 6.07) is -0.487. The maximum Gasteiger partial charge on any atom is 0.322 e. The molecular weight excluding hydrogens is 246 g/mol. The van der Waals surface area contributed by atoms with Crippen LogP contribution in [0.25, 0.3) is 0 Å². The molecule has 1 heterocycles. The molecule has 0 bridgehead atoms. The van der Waals surface area contributed by atoms with Crippen molar-refractivity contribution in [3.8, 4) is 6.01 Å². The molecule has 0 aliphatic rings. The van der Waals surface area contributed by atoms with E-state index in [0.717, 1.165) is 6.42 Å². The molecule has 1 aromatic heterocycles. The van der Waals surface area contributed by atoms with Gasteiger partial charge in [0, 0.05) is 0 Å². The molecular formula is C9H14ClN5O2. The van der Waals surface area contributed by atoms with Crippen LogP contribution in [-0.4, -0.2) is 33.5 Å². The van der Waals surface area contributed by atoms with Crippen LogP contribution in [0, 0.1) is 0 Å². The zero-order valence-electron chi connectivity index (χ0n) is 9.61. The fraction of sp³-hybridized carbons (Fsp3) is 0.556. The quantitative estimate of drug-likeness (QED) is 0.775. The SMILES string of the molecule is CCCOc1nc(Cl)nc(NC(C)C(N)=O)n1. The van der Waals surface area contributed by atoms with E-state index in [9.17, 15) is 4.79 Å². The second-order valence-electron chi connectivity index (χ2n) is 3.33. The minimum atomic E-state index is -0.604. The van der Waals surface area contributed by atoms with Gasteiger partial charge in [0.05, 0.1) is 6.61 Å². The largest absolute Gasteiger partial charge is 0.463 e. The molecule has 1 amide bonds. The average molecular weight is 260 g/mol. The standard InChI is InChI=1S/C9H14ClN5O2/c1-3-4-17-9-14-7(10)13-8(15-9)12-5(2)6(11)16/h5H,3-4H2,1-2H3,(H2,11,16)(H,12,13,14,15). The number of halogens is 1. The van der Waals surface area contributed by atoms with Crippen LogP contribution in [0.3, 0.4) is 0 Å². The molecule has 0 fully saturated rings. The van der Waals surface area contributed by atoms with Gasteiger partial charge in [-0.2, -0.15) is 15.0 Å². The summed E-state index contributed by atoms with van der Waals surface area (Å²) in [5.41, 5.74) is 5.10. The first-order valence-corrected chi connectivity index (χ1v) is 5.51. The lowest BCUT2D eigenvalue weighted by atomic mass is 10.3. The molecule has 0 aliphatic heterocycles. The van der Waals surface area contributed by atoms with Gasteiger partial charge in [-0.25, -0.2) is 0 Å². The molecule has 1 aromatic rings. The van der Waals surface area contributed by atoms with Crippen molar-refractivity contribution in [2.75, 3.05) is 11.9 Å². The smallest absolute Gasteiger partial charge is 0.322 e. The minimum Gasteiger partial charge on any atom is -0.463 e. The number of rotatable bonds is 6. The summed E-state index contributed by atoms with van der Waals surface area (Å²) in [6.45, 7) is 4.02. The maximum absolute atomic E-state index is 10.9. The Hall–Kier alpha value is -1.63. The van der Waals surface area contributed by atoms with Gasteiger partial charge < -0.3 is 15.8 Å². The summed E-state index contributed by atoms with van der Waals surface area (Å²) in [5.74, 6) is -0.361. The van der Waals surface area contributed by atoms with Crippen molar-refractivity contribution in [2.45, 2.75) is 26.3 Å². The number of nitrogens with one attached hydrogen (secondary N) is 1. The fourth-order valence-corrected chi connectivity index (χ4v) is 1.07. The molecule has 0 saturated heterocycles. The van der Waals surface area contributed by atoms with Crippen molar-refractivity contribution in [2.24, 2.45) is 5.73 Å². The first-order chi connectivity index (χ1) is 8.02. The Morgan fingerprint density at radius 1 is 1.53 bits per heavy atom. The molecule has 17 heavy (non-hydrogen) atoms. The number of carbonyl (C=O) groups excluding carboxylic acids is 1. The van der Waals surface area contributed by atoms with E-state index in [4.69, 9.17) is 22.1 Å². The first-order valence-electron chi connectivity index (χ1n) is 5.13. The Labute approximate surface area is 104 Å². The number of nitrogens with two attached hydrogens (primary N) is 1. The van der Waals surface area contributed by atoms with Crippen LogP contribution >= 0.6 is 11.6 Å². The third-order valence-electron chi connectivity index (χ3n) is 1.80. The Morgan fingerprint density at radius 3 is 2.82 bits per heavy atom. The van der Waals surface area contributed by atoms with Gasteiger partial charge in [0.25, 0.3) is 0 Å². The van der Waals surface area contributed by atoms with Gasteiger partial charge in [-0.15, -0.1) is 0 Å². The molecule has 0 radical (unpaired) electrons. The van der Waals surface area contributed by atoms with Gasteiger partial charge in [0.2, 0.25) is 17.1 Å². The average Bonchev–Trinajstić information content (AvgIpc) is 2.25. The number of nitrogens with zero attached hydrogens (tertiary/aromatic N) is 3. The number of anilines is 1. The maximum atomic E-state index is 10.9. The Morgan fingerprint density at radius 2 is 2.24 bits per heavy atom. The summed E-state index contributed by atoms with van der Waals surface area (Å²) in [4.78, 5) is 22.4. The Bertz CT molecular complexity index is 401. The van der Waals surface area contributed by atoms with Crippen LogP contribution in [0.5, 0.6) is 6.01 Å². The van der Waals surface area contributed by atoms with Crippen molar-refractivity contribution >= 4 is 23.5 Å². The second kappa shape index (κ2) is 6.19. The lowest BCUT2D eigenvalue weighted by Gasteiger charge is -2.10. The van der Waals surface area contributed by atoms with Crippen LogP contribution in [0.1, 0.15) is 20.3 Å². The number of ether oxygens (including phenoxy) is 1. The third kappa shape index (κ3) is 4.39. The Kier molecular flexibility index (Phi) is 4.89. The molecule has 8 heteroatoms. The second-order valence-corrected chi connectivity index (χ2v) is 3.67. The van der Waals surface area contributed by atoms with E-state index in [-0.39, 0.29) is 17.2 Å². The normalized spacial score (nSPS) is 11.9. The highest BCUT2D eigenvalue weighted by molar-refractivity contribution is 6.28. The Balaban J connectivity index is 2.78. The molecule has 0 aromatic carbocycles. The predicted molar refractivity (Wildman–Crippen MR) is 62.9 cm³/mol. The molecule has 3 N–H and O–H groups in total. The highest BCUT2D eigenvalue weighted by atomic mass is 35.5. The summed E-state index contributed by atoms with van der Waals surface area (Å²) in [6.07, 6.45) is 0.823. The number of aromatic nitrogens is 3. The topological polar surface area (TPSA) is 103 Å². The monoisotopic (exact) mass is 259 g/mol. The summed E-state index contributed by atoms with van der Waals surface area (Å²) in [5, 5.41) is 2.69. The van der Waals surface area contributed by atoms with Crippen molar-refractivity contribution in [3.05, 3.63) is 5.28 Å². The van der Waals surface area contributed by atoms with Gasteiger partial charge in [0.15, 0.2) is 0 Å². The number of carbonyl (C=O) groups is 1. The third-order valence-corrected chi connectivity index (χ3v) is 1.96. The molecule has 94 valence electrons. The lowest BCUT2D eigenvalue weighted by Crippen LogP contribution is -2.33. The molecule has 1 unspecified atom stereocenters. The van der Waals surface area contributed by atoms with E-state index in [1.807, 2.05) is 6.92 Å². The number of amides is 1. The lowest BCUT2D eigenvalue weighted by molar-refractivity contribution is -0.118. The van der Waals surface area contributed by atoms with Crippen molar-refractivity contribution in [1.29, 1.82) is 0 Å². The van der Waals surface area contributed by atoms with E-state index in [1.54, 1.807) is 6.92 Å². The zero-order chi connectivity index (χ0) is 12.8. The van der Waals surface area contributed by atoms with Gasteiger partial charge in [0.1, 0.15) is 6.04 Å². The highest BCUT2D eigenvalue weighted by Crippen LogP contribution is 2.12. The summed E-state index contributed by atoms with van der Waals surface area (Å²) >= 11 is 5.69. The van der Waals surface area contributed by atoms with Crippen molar-refractivity contribution in [3.63, 3.8) is 0 Å². The number of hydrogen-bond acceptors (Lipinski definition) is 6. The first kappa shape index (κ1) is 13.4. The van der Waals surface area contributed by atoms with Crippen molar-refractivity contribution < 1.29 is 9.53 Å². The van der Waals surface area contributed by atoms with Crippen LogP contribution < -0.4 is 15.8 Å². The van der Waals surface area contributed by atoms with Gasteiger partial charge in [-0.05, 0) is 24.9 Å². The minimum absolute atomic E-state index is 0.00901. The van der Waals surface area contributed by atoms with Crippen LogP contribution in [0.2, 0.25) is 5.28 Å². The van der Waals surface area contributed by atoms with Crippen molar-refractivity contribution in [1.82, 2.24) is 15.0 Å². The van der Waals surface area contributed by atoms with Crippen LogP contribution in [0.4, 0.5) is 5.95 Å². The van der Waals surface area contributed by atoms with Gasteiger partial charge in [-0.3, -0.25) is 4.79 Å². The molecule has 0 spiro atoms. The van der Waals surface area contributed by atoms with E-state index in [0.29, 0.717) is 6.61 Å². The molecule has 1 atom stereocenters.